The Morgan fingerprint density at radius 2 is 2.05 bits per heavy atom. The molecule has 3 nitrogen and oxygen atoms in total. The number of nitrogens with zero attached hydrogens (tertiary/aromatic N) is 1. The molecule has 2 rings (SSSR count). The van der Waals surface area contributed by atoms with Crippen LogP contribution in [-0.2, 0) is 13.1 Å². The van der Waals surface area contributed by atoms with Gasteiger partial charge in [-0.2, -0.15) is 0 Å². The molecule has 0 bridgehead atoms. The van der Waals surface area contributed by atoms with Gasteiger partial charge in [-0.1, -0.05) is 18.2 Å². The van der Waals surface area contributed by atoms with Crippen molar-refractivity contribution in [2.45, 2.75) is 40.0 Å². The molecule has 0 saturated heterocycles. The van der Waals surface area contributed by atoms with Crippen molar-refractivity contribution in [3.05, 3.63) is 45.9 Å². The molecule has 4 heteroatoms. The Hall–Kier alpha value is -1.39. The lowest BCUT2D eigenvalue weighted by molar-refractivity contribution is 0.239. The number of ether oxygens (including phenoxy) is 1. The van der Waals surface area contributed by atoms with E-state index in [-0.39, 0.29) is 6.10 Å². The number of hydrogen-bond donors (Lipinski definition) is 1. The van der Waals surface area contributed by atoms with Gasteiger partial charge in [0, 0.05) is 29.7 Å². The summed E-state index contributed by atoms with van der Waals surface area (Å²) in [4.78, 5) is 5.52. The molecule has 0 aliphatic rings. The van der Waals surface area contributed by atoms with Crippen LogP contribution in [0, 0.1) is 6.92 Å². The van der Waals surface area contributed by atoms with Gasteiger partial charge in [-0.25, -0.2) is 4.98 Å². The molecule has 1 heterocycles. The van der Waals surface area contributed by atoms with Crippen LogP contribution < -0.4 is 10.1 Å². The maximum atomic E-state index is 5.80. The first kappa shape index (κ1) is 14.0. The smallest absolute Gasteiger partial charge is 0.124 e. The monoisotopic (exact) mass is 276 g/mol. The van der Waals surface area contributed by atoms with E-state index in [1.807, 2.05) is 45.2 Å². The molecule has 0 amide bonds. The number of hydrogen-bond acceptors (Lipinski definition) is 4. The number of aryl methyl sites for hydroxylation is 1. The van der Waals surface area contributed by atoms with Crippen LogP contribution in [0.2, 0.25) is 0 Å². The summed E-state index contributed by atoms with van der Waals surface area (Å²) in [7, 11) is 0. The molecule has 0 saturated carbocycles. The topological polar surface area (TPSA) is 34.2 Å². The Balaban J connectivity index is 1.92. The minimum absolute atomic E-state index is 0.199. The van der Waals surface area contributed by atoms with Crippen LogP contribution in [0.1, 0.15) is 29.3 Å². The molecule has 0 aliphatic carbocycles. The number of para-hydroxylation sites is 1. The molecule has 0 radical (unpaired) electrons. The minimum atomic E-state index is 0.199. The van der Waals surface area contributed by atoms with E-state index < -0.39 is 0 Å². The van der Waals surface area contributed by atoms with Gasteiger partial charge >= 0.3 is 0 Å². The van der Waals surface area contributed by atoms with Crippen LogP contribution in [0.5, 0.6) is 5.75 Å². The summed E-state index contributed by atoms with van der Waals surface area (Å²) < 4.78 is 5.80. The largest absolute Gasteiger partial charge is 0.491 e. The highest BCUT2D eigenvalue weighted by Gasteiger charge is 2.05. The van der Waals surface area contributed by atoms with Gasteiger partial charge in [-0.3, -0.25) is 0 Å². The van der Waals surface area contributed by atoms with E-state index in [0.29, 0.717) is 0 Å². The molecule has 0 aliphatic heterocycles. The molecule has 0 spiro atoms. The molecule has 0 atom stereocenters. The summed E-state index contributed by atoms with van der Waals surface area (Å²) in [5.74, 6) is 0.963. The van der Waals surface area contributed by atoms with Crippen molar-refractivity contribution in [1.82, 2.24) is 10.3 Å². The Kier molecular flexibility index (Phi) is 4.93. The zero-order valence-corrected chi connectivity index (χ0v) is 12.5. The second kappa shape index (κ2) is 6.68. The lowest BCUT2D eigenvalue weighted by Crippen LogP contribution is -2.14. The molecule has 19 heavy (non-hydrogen) atoms. The van der Waals surface area contributed by atoms with Crippen molar-refractivity contribution in [2.75, 3.05) is 0 Å². The molecule has 0 unspecified atom stereocenters. The van der Waals surface area contributed by atoms with Gasteiger partial charge < -0.3 is 10.1 Å². The van der Waals surface area contributed by atoms with E-state index in [4.69, 9.17) is 4.74 Å². The summed E-state index contributed by atoms with van der Waals surface area (Å²) >= 11 is 1.73. The summed E-state index contributed by atoms with van der Waals surface area (Å²) in [6.07, 6.45) is 2.13. The van der Waals surface area contributed by atoms with Gasteiger partial charge in [0.1, 0.15) is 5.75 Å². The third-order valence-corrected chi connectivity index (χ3v) is 3.53. The highest BCUT2D eigenvalue weighted by molar-refractivity contribution is 7.11. The van der Waals surface area contributed by atoms with Crippen LogP contribution in [0.4, 0.5) is 0 Å². The molecule has 2 aromatic rings. The van der Waals surface area contributed by atoms with Crippen molar-refractivity contribution < 1.29 is 4.74 Å². The van der Waals surface area contributed by atoms with Crippen molar-refractivity contribution in [1.29, 1.82) is 0 Å². The predicted molar refractivity (Wildman–Crippen MR) is 79.6 cm³/mol. The first-order valence-electron chi connectivity index (χ1n) is 6.51. The number of rotatable bonds is 6. The summed E-state index contributed by atoms with van der Waals surface area (Å²) in [5.41, 5.74) is 1.19. The molecule has 1 aromatic carbocycles. The molecule has 0 fully saturated rings. The number of thiazole rings is 1. The standard InChI is InChI=1S/C15H20N2OS/c1-11(2)18-15-7-5-4-6-13(15)8-16-9-14-10-17-12(3)19-14/h4-7,10-11,16H,8-9H2,1-3H3. The number of aromatic nitrogens is 1. The maximum absolute atomic E-state index is 5.80. The van der Waals surface area contributed by atoms with Gasteiger partial charge in [0.25, 0.3) is 0 Å². The quantitative estimate of drug-likeness (QED) is 0.876. The van der Waals surface area contributed by atoms with Crippen LogP contribution in [0.15, 0.2) is 30.5 Å². The lowest BCUT2D eigenvalue weighted by atomic mass is 10.2. The SMILES string of the molecule is Cc1ncc(CNCc2ccccc2OC(C)C)s1. The average molecular weight is 276 g/mol. The van der Waals surface area contributed by atoms with Crippen LogP contribution in [0.25, 0.3) is 0 Å². The Labute approximate surface area is 118 Å². The third kappa shape index (κ3) is 4.33. The highest BCUT2D eigenvalue weighted by Crippen LogP contribution is 2.19. The third-order valence-electron chi connectivity index (χ3n) is 2.62. The fourth-order valence-corrected chi connectivity index (χ4v) is 2.59. The van der Waals surface area contributed by atoms with Crippen LogP contribution in [-0.4, -0.2) is 11.1 Å². The number of nitrogens with one attached hydrogen (secondary N) is 1. The van der Waals surface area contributed by atoms with E-state index in [2.05, 4.69) is 16.4 Å². The lowest BCUT2D eigenvalue weighted by Gasteiger charge is -2.14. The predicted octanol–water partition coefficient (Wildman–Crippen LogP) is 3.53. The zero-order chi connectivity index (χ0) is 13.7. The van der Waals surface area contributed by atoms with Crippen molar-refractivity contribution >= 4 is 11.3 Å². The summed E-state index contributed by atoms with van der Waals surface area (Å²) in [5, 5.41) is 4.55. The summed E-state index contributed by atoms with van der Waals surface area (Å²) in [6.45, 7) is 7.77. The molecule has 1 N–H and O–H groups in total. The van der Waals surface area contributed by atoms with Gasteiger partial charge in [-0.15, -0.1) is 11.3 Å². The second-order valence-corrected chi connectivity index (χ2v) is 6.04. The Morgan fingerprint density at radius 3 is 2.74 bits per heavy atom. The van der Waals surface area contributed by atoms with E-state index in [9.17, 15) is 0 Å². The van der Waals surface area contributed by atoms with Crippen LogP contribution in [0.3, 0.4) is 0 Å². The van der Waals surface area contributed by atoms with Crippen molar-refractivity contribution in [2.24, 2.45) is 0 Å². The maximum Gasteiger partial charge on any atom is 0.124 e. The van der Waals surface area contributed by atoms with E-state index in [1.54, 1.807) is 11.3 Å². The normalized spacial score (nSPS) is 10.9. The molecule has 102 valence electrons. The van der Waals surface area contributed by atoms with E-state index in [0.717, 1.165) is 23.8 Å². The van der Waals surface area contributed by atoms with Crippen LogP contribution >= 0.6 is 11.3 Å². The fraction of sp³-hybridized carbons (Fsp3) is 0.400. The zero-order valence-electron chi connectivity index (χ0n) is 11.6. The Bertz CT molecular complexity index is 522. The fourth-order valence-electron chi connectivity index (χ4n) is 1.83. The van der Waals surface area contributed by atoms with Crippen molar-refractivity contribution in [3.63, 3.8) is 0 Å². The molecule has 1 aromatic heterocycles. The van der Waals surface area contributed by atoms with E-state index >= 15 is 0 Å². The first-order valence-corrected chi connectivity index (χ1v) is 7.33. The average Bonchev–Trinajstić information content (AvgIpc) is 2.77. The van der Waals surface area contributed by atoms with E-state index in [1.165, 1.54) is 10.4 Å². The second-order valence-electron chi connectivity index (χ2n) is 4.72. The molecular formula is C15H20N2OS. The van der Waals surface area contributed by atoms with Gasteiger partial charge in [0.2, 0.25) is 0 Å². The molecular weight excluding hydrogens is 256 g/mol. The number of benzene rings is 1. The minimum Gasteiger partial charge on any atom is -0.491 e. The van der Waals surface area contributed by atoms with Gasteiger partial charge in [0.15, 0.2) is 0 Å². The Morgan fingerprint density at radius 1 is 1.26 bits per heavy atom. The van der Waals surface area contributed by atoms with Crippen molar-refractivity contribution in [3.8, 4) is 5.75 Å². The first-order chi connectivity index (χ1) is 9.15. The highest BCUT2D eigenvalue weighted by atomic mass is 32.1. The van der Waals surface area contributed by atoms with Gasteiger partial charge in [-0.05, 0) is 26.8 Å². The summed E-state index contributed by atoms with van der Waals surface area (Å²) in [6, 6.07) is 8.17. The van der Waals surface area contributed by atoms with Gasteiger partial charge in [0.05, 0.1) is 11.1 Å².